The molecule has 0 saturated carbocycles. The van der Waals surface area contributed by atoms with Crippen molar-refractivity contribution in [2.45, 2.75) is 27.7 Å². The molecule has 2 radical (unpaired) electrons. The fourth-order valence-electron chi connectivity index (χ4n) is 1.06. The summed E-state index contributed by atoms with van der Waals surface area (Å²) < 4.78 is 0. The minimum absolute atomic E-state index is 1.11. The van der Waals surface area contributed by atoms with Crippen LogP contribution in [-0.2, 0) is 0 Å². The van der Waals surface area contributed by atoms with Crippen LogP contribution in [0.3, 0.4) is 0 Å². The van der Waals surface area contributed by atoms with Gasteiger partial charge in [-0.1, -0.05) is 0 Å². The molecule has 0 unspecified atom stereocenters. The Morgan fingerprint density at radius 2 is 1.20 bits per heavy atom. The number of aryl methyl sites for hydroxylation is 3. The molecule has 0 aliphatic rings. The summed E-state index contributed by atoms with van der Waals surface area (Å²) in [4.78, 5) is 0. The fourth-order valence-corrected chi connectivity index (χ4v) is 1.06. The van der Waals surface area contributed by atoms with Crippen LogP contribution in [0.2, 0.25) is 0 Å². The van der Waals surface area contributed by atoms with Gasteiger partial charge in [-0.25, -0.2) is 0 Å². The average Bonchev–Trinajstić information content (AvgIpc) is 1.82. The van der Waals surface area contributed by atoms with Crippen LogP contribution in [0.1, 0.15) is 22.3 Å². The maximum Gasteiger partial charge on any atom is -0.0111 e. The summed E-state index contributed by atoms with van der Waals surface area (Å²) in [5.41, 5.74) is 4.91. The second-order valence-electron chi connectivity index (χ2n) is 2.75. The average molecular weight is 132 g/mol. The monoisotopic (exact) mass is 132 g/mol. The van der Waals surface area contributed by atoms with Crippen LogP contribution >= 0.6 is 0 Å². The zero-order valence-electron chi connectivity index (χ0n) is 7.00. The van der Waals surface area contributed by atoms with Gasteiger partial charge in [0.15, 0.2) is 0 Å². The Hall–Kier alpha value is -0.780. The van der Waals surface area contributed by atoms with E-state index in [9.17, 15) is 0 Å². The number of rotatable bonds is 0. The van der Waals surface area contributed by atoms with Crippen molar-refractivity contribution in [1.29, 1.82) is 0 Å². The van der Waals surface area contributed by atoms with E-state index in [1.54, 1.807) is 0 Å². The van der Waals surface area contributed by atoms with Crippen molar-refractivity contribution < 1.29 is 0 Å². The molecule has 1 aromatic rings. The molecule has 0 N–H and O–H groups in total. The SMILES string of the molecule is Cc1[c]c(C)c(C)c(C)[c]1. The molecule has 0 spiro atoms. The highest BCUT2D eigenvalue weighted by atomic mass is 14.0. The van der Waals surface area contributed by atoms with Crippen molar-refractivity contribution in [3.63, 3.8) is 0 Å². The number of hydrogen-bond donors (Lipinski definition) is 0. The molecule has 0 heterocycles. The third-order valence-electron chi connectivity index (χ3n) is 1.88. The zero-order valence-corrected chi connectivity index (χ0v) is 7.00. The van der Waals surface area contributed by atoms with E-state index < -0.39 is 0 Å². The molecule has 1 aromatic carbocycles. The molecule has 0 atom stereocenters. The van der Waals surface area contributed by atoms with E-state index in [0.717, 1.165) is 5.56 Å². The molecule has 52 valence electrons. The molecule has 0 amide bonds. The smallest absolute Gasteiger partial charge is 0.0111 e. The topological polar surface area (TPSA) is 0 Å². The Labute approximate surface area is 62.9 Å². The van der Waals surface area contributed by atoms with E-state index in [1.165, 1.54) is 16.7 Å². The first-order valence-electron chi connectivity index (χ1n) is 3.50. The fraction of sp³-hybridized carbons (Fsp3) is 0.400. The van der Waals surface area contributed by atoms with Crippen LogP contribution in [0.5, 0.6) is 0 Å². The van der Waals surface area contributed by atoms with Crippen LogP contribution in [0.25, 0.3) is 0 Å². The van der Waals surface area contributed by atoms with Gasteiger partial charge in [-0.3, -0.25) is 0 Å². The van der Waals surface area contributed by atoms with Gasteiger partial charge in [0.2, 0.25) is 0 Å². The maximum atomic E-state index is 3.22. The molecule has 0 nitrogen and oxygen atoms in total. The van der Waals surface area contributed by atoms with E-state index in [0.29, 0.717) is 0 Å². The summed E-state index contributed by atoms with van der Waals surface area (Å²) in [6.07, 6.45) is 0. The third kappa shape index (κ3) is 1.21. The summed E-state index contributed by atoms with van der Waals surface area (Å²) in [5.74, 6) is 0. The van der Waals surface area contributed by atoms with E-state index in [2.05, 4.69) is 32.9 Å². The van der Waals surface area contributed by atoms with E-state index >= 15 is 0 Å². The highest BCUT2D eigenvalue weighted by Crippen LogP contribution is 2.12. The second kappa shape index (κ2) is 2.45. The van der Waals surface area contributed by atoms with Gasteiger partial charge >= 0.3 is 0 Å². The Morgan fingerprint density at radius 1 is 0.800 bits per heavy atom. The Morgan fingerprint density at radius 3 is 1.60 bits per heavy atom. The highest BCUT2D eigenvalue weighted by Gasteiger charge is 1.97. The van der Waals surface area contributed by atoms with Gasteiger partial charge in [0.25, 0.3) is 0 Å². The Bertz CT molecular complexity index is 223. The lowest BCUT2D eigenvalue weighted by Gasteiger charge is -2.03. The first kappa shape index (κ1) is 7.33. The molecule has 0 aromatic heterocycles. The molecular weight excluding hydrogens is 120 g/mol. The van der Waals surface area contributed by atoms with Crippen LogP contribution in [-0.4, -0.2) is 0 Å². The van der Waals surface area contributed by atoms with Crippen LogP contribution in [0.4, 0.5) is 0 Å². The summed E-state index contributed by atoms with van der Waals surface area (Å²) in [7, 11) is 0. The quantitative estimate of drug-likeness (QED) is 0.509. The summed E-state index contributed by atoms with van der Waals surface area (Å²) in [6.45, 7) is 8.31. The van der Waals surface area contributed by atoms with E-state index in [-0.39, 0.29) is 0 Å². The van der Waals surface area contributed by atoms with Gasteiger partial charge in [0, 0.05) is 0 Å². The normalized spacial score (nSPS) is 10.0. The zero-order chi connectivity index (χ0) is 7.72. The Kier molecular flexibility index (Phi) is 1.80. The first-order valence-corrected chi connectivity index (χ1v) is 3.50. The largest absolute Gasteiger partial charge is 0.0440 e. The summed E-state index contributed by atoms with van der Waals surface area (Å²) >= 11 is 0. The first-order chi connectivity index (χ1) is 4.61. The van der Waals surface area contributed by atoms with Crippen molar-refractivity contribution in [2.75, 3.05) is 0 Å². The Balaban J connectivity index is 3.31. The van der Waals surface area contributed by atoms with Crippen molar-refractivity contribution in [1.82, 2.24) is 0 Å². The molecule has 0 saturated heterocycles. The predicted molar refractivity (Wildman–Crippen MR) is 43.1 cm³/mol. The second-order valence-corrected chi connectivity index (χ2v) is 2.75. The van der Waals surface area contributed by atoms with Gasteiger partial charge in [-0.15, -0.1) is 0 Å². The standard InChI is InChI=1S/C10H12/c1-7-5-8(2)10(4)9(3)6-7/h1-4H3. The molecule has 0 fully saturated rings. The van der Waals surface area contributed by atoms with Gasteiger partial charge in [-0.05, 0) is 62.1 Å². The molecule has 10 heavy (non-hydrogen) atoms. The van der Waals surface area contributed by atoms with Crippen molar-refractivity contribution in [3.8, 4) is 0 Å². The maximum absolute atomic E-state index is 3.22. The van der Waals surface area contributed by atoms with Crippen LogP contribution in [0.15, 0.2) is 0 Å². The minimum Gasteiger partial charge on any atom is -0.0440 e. The lowest BCUT2D eigenvalue weighted by molar-refractivity contribution is 1.22. The van der Waals surface area contributed by atoms with Crippen molar-refractivity contribution in [2.24, 2.45) is 0 Å². The van der Waals surface area contributed by atoms with E-state index in [1.807, 2.05) is 6.92 Å². The van der Waals surface area contributed by atoms with E-state index in [4.69, 9.17) is 0 Å². The third-order valence-corrected chi connectivity index (χ3v) is 1.88. The van der Waals surface area contributed by atoms with Gasteiger partial charge in [0.1, 0.15) is 0 Å². The lowest BCUT2D eigenvalue weighted by atomic mass is 10.0. The molecule has 1 rings (SSSR count). The molecule has 0 bridgehead atoms. The minimum atomic E-state index is 1.11. The van der Waals surface area contributed by atoms with Gasteiger partial charge in [0.05, 0.1) is 0 Å². The van der Waals surface area contributed by atoms with Gasteiger partial charge < -0.3 is 0 Å². The predicted octanol–water partition coefficient (Wildman–Crippen LogP) is 2.52. The highest BCUT2D eigenvalue weighted by molar-refractivity contribution is 5.33. The number of hydrogen-bond acceptors (Lipinski definition) is 0. The number of benzene rings is 1. The molecule has 0 aliphatic heterocycles. The summed E-state index contributed by atoms with van der Waals surface area (Å²) in [5, 5.41) is 0. The lowest BCUT2D eigenvalue weighted by Crippen LogP contribution is -1.88. The van der Waals surface area contributed by atoms with Crippen LogP contribution in [0, 0.1) is 39.8 Å². The molecule has 0 heteroatoms. The van der Waals surface area contributed by atoms with Gasteiger partial charge in [-0.2, -0.15) is 0 Å². The summed E-state index contributed by atoms with van der Waals surface area (Å²) in [6, 6.07) is 6.45. The van der Waals surface area contributed by atoms with Crippen molar-refractivity contribution >= 4 is 0 Å². The van der Waals surface area contributed by atoms with Crippen molar-refractivity contribution in [3.05, 3.63) is 34.4 Å². The molecule has 0 aliphatic carbocycles. The molecular formula is C10H12. The van der Waals surface area contributed by atoms with Crippen LogP contribution < -0.4 is 0 Å².